The van der Waals surface area contributed by atoms with Crippen LogP contribution >= 0.6 is 11.8 Å². The van der Waals surface area contributed by atoms with E-state index in [1.165, 1.54) is 31.3 Å². The number of anilines is 1. The molecule has 0 bridgehead atoms. The van der Waals surface area contributed by atoms with Gasteiger partial charge in [0, 0.05) is 38.1 Å². The van der Waals surface area contributed by atoms with Crippen molar-refractivity contribution < 1.29 is 4.74 Å². The summed E-state index contributed by atoms with van der Waals surface area (Å²) in [6.07, 6.45) is 12.5. The third kappa shape index (κ3) is 3.24. The van der Waals surface area contributed by atoms with Gasteiger partial charge in [0.15, 0.2) is 5.16 Å². The van der Waals surface area contributed by atoms with Crippen LogP contribution in [-0.2, 0) is 4.74 Å². The van der Waals surface area contributed by atoms with Gasteiger partial charge in [-0.05, 0) is 37.2 Å². The Hall–Kier alpha value is -1.07. The summed E-state index contributed by atoms with van der Waals surface area (Å²) >= 11 is 1.61. The lowest BCUT2D eigenvalue weighted by atomic mass is 10.0. The average Bonchev–Trinajstić information content (AvgIpc) is 3.05. The zero-order valence-electron chi connectivity index (χ0n) is 12.8. The van der Waals surface area contributed by atoms with E-state index in [9.17, 15) is 0 Å². The Morgan fingerprint density at radius 3 is 2.90 bits per heavy atom. The topological polar surface area (TPSA) is 38.3 Å². The maximum atomic E-state index is 5.24. The highest BCUT2D eigenvalue weighted by Gasteiger charge is 2.28. The molecule has 0 unspecified atom stereocenters. The minimum atomic E-state index is 0.639. The summed E-state index contributed by atoms with van der Waals surface area (Å²) in [4.78, 5) is 11.7. The van der Waals surface area contributed by atoms with E-state index in [-0.39, 0.29) is 0 Å². The molecule has 5 heteroatoms. The highest BCUT2D eigenvalue weighted by Crippen LogP contribution is 2.35. The number of ether oxygens (including phenoxy) is 1. The third-order valence-corrected chi connectivity index (χ3v) is 4.92. The summed E-state index contributed by atoms with van der Waals surface area (Å²) < 4.78 is 5.24. The van der Waals surface area contributed by atoms with Crippen molar-refractivity contribution in [2.75, 3.05) is 31.4 Å². The number of hydrogen-bond donors (Lipinski definition) is 0. The van der Waals surface area contributed by atoms with Crippen LogP contribution in [0.2, 0.25) is 0 Å². The predicted octanol–water partition coefficient (Wildman–Crippen LogP) is 3.38. The molecule has 0 amide bonds. The van der Waals surface area contributed by atoms with Crippen molar-refractivity contribution in [3.8, 4) is 0 Å². The van der Waals surface area contributed by atoms with Gasteiger partial charge in [0.2, 0.25) is 0 Å². The fraction of sp³-hybridized carbons (Fsp3) is 0.625. The highest BCUT2D eigenvalue weighted by atomic mass is 32.2. The van der Waals surface area contributed by atoms with Crippen LogP contribution in [0, 0.1) is 0 Å². The standard InChI is InChI=1S/C16H23N3OS/c1-20-8-7-12-9-13-10-17-16(21-2)18-15(13)19(11-12)14-5-3-4-6-14/h9-10,14H,3-8,11H2,1-2H3. The lowest BCUT2D eigenvalue weighted by molar-refractivity contribution is 0.202. The first-order chi connectivity index (χ1) is 10.3. The van der Waals surface area contributed by atoms with E-state index in [4.69, 9.17) is 9.72 Å². The van der Waals surface area contributed by atoms with Crippen LogP contribution in [0.15, 0.2) is 16.9 Å². The smallest absolute Gasteiger partial charge is 0.189 e. The van der Waals surface area contributed by atoms with Gasteiger partial charge in [-0.25, -0.2) is 9.97 Å². The molecule has 1 aromatic rings. The largest absolute Gasteiger partial charge is 0.384 e. The predicted molar refractivity (Wildman–Crippen MR) is 87.9 cm³/mol. The van der Waals surface area contributed by atoms with E-state index in [1.807, 2.05) is 12.5 Å². The summed E-state index contributed by atoms with van der Waals surface area (Å²) in [6.45, 7) is 1.77. The van der Waals surface area contributed by atoms with Crippen LogP contribution in [0.1, 0.15) is 37.7 Å². The molecule has 2 heterocycles. The molecule has 0 radical (unpaired) electrons. The van der Waals surface area contributed by atoms with Crippen molar-refractivity contribution >= 4 is 23.7 Å². The molecular weight excluding hydrogens is 282 g/mol. The molecular formula is C16H23N3OS. The summed E-state index contributed by atoms with van der Waals surface area (Å²) in [5.74, 6) is 1.13. The number of aromatic nitrogens is 2. The number of nitrogens with zero attached hydrogens (tertiary/aromatic N) is 3. The molecule has 0 N–H and O–H groups in total. The van der Waals surface area contributed by atoms with E-state index in [1.54, 1.807) is 18.9 Å². The number of hydrogen-bond acceptors (Lipinski definition) is 5. The maximum Gasteiger partial charge on any atom is 0.189 e. The minimum Gasteiger partial charge on any atom is -0.384 e. The normalized spacial score (nSPS) is 18.8. The zero-order valence-corrected chi connectivity index (χ0v) is 13.7. The van der Waals surface area contributed by atoms with Crippen LogP contribution in [0.5, 0.6) is 0 Å². The average molecular weight is 305 g/mol. The van der Waals surface area contributed by atoms with Crippen LogP contribution in [0.25, 0.3) is 6.08 Å². The van der Waals surface area contributed by atoms with Gasteiger partial charge in [-0.3, -0.25) is 0 Å². The fourth-order valence-electron chi connectivity index (χ4n) is 3.26. The summed E-state index contributed by atoms with van der Waals surface area (Å²) in [7, 11) is 1.76. The summed E-state index contributed by atoms with van der Waals surface area (Å²) in [5.41, 5.74) is 2.59. The van der Waals surface area contributed by atoms with Gasteiger partial charge in [0.05, 0.1) is 0 Å². The third-order valence-electron chi connectivity index (χ3n) is 4.35. The van der Waals surface area contributed by atoms with E-state index < -0.39 is 0 Å². The Kier molecular flexibility index (Phi) is 4.80. The molecule has 0 saturated heterocycles. The van der Waals surface area contributed by atoms with Crippen LogP contribution in [-0.4, -0.2) is 42.5 Å². The van der Waals surface area contributed by atoms with E-state index in [2.05, 4.69) is 16.0 Å². The molecule has 0 spiro atoms. The van der Waals surface area contributed by atoms with Crippen molar-refractivity contribution in [2.24, 2.45) is 0 Å². The molecule has 1 saturated carbocycles. The first-order valence-electron chi connectivity index (χ1n) is 7.68. The molecule has 4 nitrogen and oxygen atoms in total. The fourth-order valence-corrected chi connectivity index (χ4v) is 3.59. The van der Waals surface area contributed by atoms with Crippen molar-refractivity contribution in [1.29, 1.82) is 0 Å². The lowest BCUT2D eigenvalue weighted by Crippen LogP contribution is -2.38. The summed E-state index contributed by atoms with van der Waals surface area (Å²) in [5, 5.41) is 0.866. The molecule has 1 aromatic heterocycles. The second-order valence-corrected chi connectivity index (χ2v) is 6.52. The Bertz CT molecular complexity index is 526. The maximum absolute atomic E-state index is 5.24. The Balaban J connectivity index is 1.92. The second kappa shape index (κ2) is 6.79. The van der Waals surface area contributed by atoms with Crippen molar-refractivity contribution in [3.63, 3.8) is 0 Å². The van der Waals surface area contributed by atoms with Crippen LogP contribution in [0.3, 0.4) is 0 Å². The monoisotopic (exact) mass is 305 g/mol. The zero-order chi connectivity index (χ0) is 14.7. The molecule has 1 aliphatic carbocycles. The van der Waals surface area contributed by atoms with E-state index in [0.29, 0.717) is 6.04 Å². The first-order valence-corrected chi connectivity index (χ1v) is 8.90. The van der Waals surface area contributed by atoms with E-state index in [0.717, 1.165) is 36.1 Å². The van der Waals surface area contributed by atoms with Crippen molar-refractivity contribution in [1.82, 2.24) is 9.97 Å². The van der Waals surface area contributed by atoms with Crippen LogP contribution < -0.4 is 4.90 Å². The first kappa shape index (κ1) is 14.9. The van der Waals surface area contributed by atoms with Gasteiger partial charge >= 0.3 is 0 Å². The van der Waals surface area contributed by atoms with Gasteiger partial charge in [-0.2, -0.15) is 0 Å². The highest BCUT2D eigenvalue weighted by molar-refractivity contribution is 7.98. The number of thioether (sulfide) groups is 1. The van der Waals surface area contributed by atoms with Gasteiger partial charge in [0.1, 0.15) is 5.82 Å². The number of fused-ring (bicyclic) bond motifs is 1. The van der Waals surface area contributed by atoms with Gasteiger partial charge in [-0.15, -0.1) is 0 Å². The molecule has 0 atom stereocenters. The molecule has 0 aromatic carbocycles. The molecule has 3 rings (SSSR count). The lowest BCUT2D eigenvalue weighted by Gasteiger charge is -2.35. The van der Waals surface area contributed by atoms with Gasteiger partial charge < -0.3 is 9.64 Å². The Morgan fingerprint density at radius 1 is 1.38 bits per heavy atom. The van der Waals surface area contributed by atoms with Gasteiger partial charge in [-0.1, -0.05) is 24.6 Å². The Labute approximate surface area is 131 Å². The van der Waals surface area contributed by atoms with Crippen molar-refractivity contribution in [3.05, 3.63) is 17.3 Å². The molecule has 21 heavy (non-hydrogen) atoms. The number of methoxy groups -OCH3 is 1. The minimum absolute atomic E-state index is 0.639. The molecule has 2 aliphatic rings. The van der Waals surface area contributed by atoms with E-state index >= 15 is 0 Å². The van der Waals surface area contributed by atoms with Gasteiger partial charge in [0.25, 0.3) is 0 Å². The quantitative estimate of drug-likeness (QED) is 0.616. The summed E-state index contributed by atoms with van der Waals surface area (Å²) in [6, 6.07) is 0.639. The second-order valence-electron chi connectivity index (χ2n) is 5.75. The van der Waals surface area contributed by atoms with Crippen molar-refractivity contribution in [2.45, 2.75) is 43.3 Å². The number of rotatable bonds is 5. The molecule has 114 valence electrons. The molecule has 1 fully saturated rings. The Morgan fingerprint density at radius 2 is 2.19 bits per heavy atom. The SMILES string of the molecule is COCCC1=Cc2cnc(SC)nc2N(C2CCCC2)C1. The van der Waals surface area contributed by atoms with Crippen LogP contribution in [0.4, 0.5) is 5.82 Å². The molecule has 1 aliphatic heterocycles.